The van der Waals surface area contributed by atoms with E-state index in [2.05, 4.69) is 9.82 Å². The molecule has 124 valence electrons. The lowest BCUT2D eigenvalue weighted by Gasteiger charge is -2.08. The van der Waals surface area contributed by atoms with E-state index in [1.54, 1.807) is 36.0 Å². The van der Waals surface area contributed by atoms with Crippen molar-refractivity contribution in [3.63, 3.8) is 0 Å². The van der Waals surface area contributed by atoms with Crippen molar-refractivity contribution < 1.29 is 8.42 Å². The fraction of sp³-hybridized carbons (Fsp3) is 0.118. The Morgan fingerprint density at radius 3 is 2.58 bits per heavy atom. The van der Waals surface area contributed by atoms with E-state index in [9.17, 15) is 8.42 Å². The summed E-state index contributed by atoms with van der Waals surface area (Å²) in [7, 11) is -3.62. The molecule has 2 aromatic carbocycles. The predicted molar refractivity (Wildman–Crippen MR) is 93.8 cm³/mol. The van der Waals surface area contributed by atoms with Crippen molar-refractivity contribution in [2.24, 2.45) is 0 Å². The number of aryl methyl sites for hydroxylation is 1. The zero-order chi connectivity index (χ0) is 17.2. The summed E-state index contributed by atoms with van der Waals surface area (Å²) in [5, 5.41) is 4.89. The van der Waals surface area contributed by atoms with Crippen LogP contribution in [0.4, 0.5) is 0 Å². The highest BCUT2D eigenvalue weighted by Gasteiger charge is 2.17. The van der Waals surface area contributed by atoms with Gasteiger partial charge in [-0.15, -0.1) is 0 Å². The van der Waals surface area contributed by atoms with Gasteiger partial charge in [-0.1, -0.05) is 29.8 Å². The number of nitrogens with zero attached hydrogens (tertiary/aromatic N) is 2. The minimum absolute atomic E-state index is 0.115. The molecule has 1 N–H and O–H groups in total. The molecule has 24 heavy (non-hydrogen) atoms. The highest BCUT2D eigenvalue weighted by Crippen LogP contribution is 2.19. The Morgan fingerprint density at radius 2 is 1.88 bits per heavy atom. The molecule has 0 aliphatic rings. The van der Waals surface area contributed by atoms with E-state index in [1.165, 1.54) is 6.07 Å². The molecule has 0 aliphatic heterocycles. The molecular formula is C17H16ClN3O2S. The number of rotatable bonds is 5. The van der Waals surface area contributed by atoms with E-state index in [1.807, 2.05) is 30.3 Å². The molecule has 0 saturated carbocycles. The number of hydrogen-bond donors (Lipinski definition) is 1. The van der Waals surface area contributed by atoms with Crippen LogP contribution in [0.3, 0.4) is 0 Å². The van der Waals surface area contributed by atoms with Gasteiger partial charge in [0, 0.05) is 11.2 Å². The number of hydrogen-bond acceptors (Lipinski definition) is 3. The van der Waals surface area contributed by atoms with Crippen molar-refractivity contribution in [3.05, 3.63) is 77.1 Å². The Kier molecular flexibility index (Phi) is 4.71. The summed E-state index contributed by atoms with van der Waals surface area (Å²) in [6.07, 6.45) is 1.80. The Hall–Kier alpha value is -2.15. The fourth-order valence-corrected chi connectivity index (χ4v) is 3.79. The summed E-state index contributed by atoms with van der Waals surface area (Å²) in [6.45, 7) is 1.83. The molecule has 0 amide bonds. The average Bonchev–Trinajstić information content (AvgIpc) is 3.02. The summed E-state index contributed by atoms with van der Waals surface area (Å²) in [5.74, 6) is 0. The van der Waals surface area contributed by atoms with Crippen molar-refractivity contribution in [1.29, 1.82) is 0 Å². The van der Waals surface area contributed by atoms with Crippen LogP contribution in [0, 0.1) is 6.92 Å². The SMILES string of the molecule is Cc1cc(Cl)ccc1S(=O)(=O)NCc1ccn(-c2ccccc2)n1. The van der Waals surface area contributed by atoms with E-state index in [-0.39, 0.29) is 11.4 Å². The Labute approximate surface area is 145 Å². The van der Waals surface area contributed by atoms with Crippen molar-refractivity contribution in [2.45, 2.75) is 18.4 Å². The largest absolute Gasteiger partial charge is 0.241 e. The second-order valence-corrected chi connectivity index (χ2v) is 7.49. The molecule has 0 fully saturated rings. The molecule has 0 unspecified atom stereocenters. The molecule has 0 radical (unpaired) electrons. The molecule has 3 rings (SSSR count). The maximum atomic E-state index is 12.4. The molecule has 0 bridgehead atoms. The normalized spacial score (nSPS) is 11.6. The minimum atomic E-state index is -3.62. The summed E-state index contributed by atoms with van der Waals surface area (Å²) >= 11 is 5.87. The molecule has 7 heteroatoms. The molecule has 5 nitrogen and oxygen atoms in total. The number of aromatic nitrogens is 2. The zero-order valence-electron chi connectivity index (χ0n) is 13.0. The van der Waals surface area contributed by atoms with Crippen LogP contribution in [-0.4, -0.2) is 18.2 Å². The van der Waals surface area contributed by atoms with E-state index in [0.717, 1.165) is 5.69 Å². The van der Waals surface area contributed by atoms with Gasteiger partial charge in [-0.25, -0.2) is 17.8 Å². The lowest BCUT2D eigenvalue weighted by molar-refractivity contribution is 0.579. The third kappa shape index (κ3) is 3.67. The van der Waals surface area contributed by atoms with Gasteiger partial charge in [0.2, 0.25) is 10.0 Å². The molecule has 1 heterocycles. The number of nitrogens with one attached hydrogen (secondary N) is 1. The third-order valence-corrected chi connectivity index (χ3v) is 5.33. The van der Waals surface area contributed by atoms with Crippen LogP contribution in [0.25, 0.3) is 5.69 Å². The Balaban J connectivity index is 1.75. The number of benzene rings is 2. The Bertz CT molecular complexity index is 953. The third-order valence-electron chi connectivity index (χ3n) is 3.53. The quantitative estimate of drug-likeness (QED) is 0.758. The van der Waals surface area contributed by atoms with Crippen LogP contribution in [0.5, 0.6) is 0 Å². The highest BCUT2D eigenvalue weighted by atomic mass is 35.5. The number of halogens is 1. The molecule has 1 aromatic heterocycles. The van der Waals surface area contributed by atoms with Gasteiger partial charge in [0.15, 0.2) is 0 Å². The summed E-state index contributed by atoms with van der Waals surface area (Å²) < 4.78 is 29.1. The number of para-hydroxylation sites is 1. The van der Waals surface area contributed by atoms with Gasteiger partial charge in [-0.05, 0) is 48.9 Å². The van der Waals surface area contributed by atoms with Gasteiger partial charge in [0.05, 0.1) is 22.8 Å². The van der Waals surface area contributed by atoms with Gasteiger partial charge in [-0.2, -0.15) is 5.10 Å². The Morgan fingerprint density at radius 1 is 1.12 bits per heavy atom. The zero-order valence-corrected chi connectivity index (χ0v) is 14.6. The van der Waals surface area contributed by atoms with E-state index < -0.39 is 10.0 Å². The molecule has 0 atom stereocenters. The van der Waals surface area contributed by atoms with Crippen molar-refractivity contribution in [2.75, 3.05) is 0 Å². The molecular weight excluding hydrogens is 346 g/mol. The average molecular weight is 362 g/mol. The first-order valence-corrected chi connectivity index (χ1v) is 9.17. The van der Waals surface area contributed by atoms with Crippen LogP contribution in [-0.2, 0) is 16.6 Å². The standard InChI is InChI=1S/C17H16ClN3O2S/c1-13-11-14(18)7-8-17(13)24(22,23)19-12-15-9-10-21(20-15)16-5-3-2-4-6-16/h2-11,19H,12H2,1H3. The van der Waals surface area contributed by atoms with Crippen LogP contribution in [0.1, 0.15) is 11.3 Å². The second-order valence-electron chi connectivity index (χ2n) is 5.32. The maximum Gasteiger partial charge on any atom is 0.241 e. The lowest BCUT2D eigenvalue weighted by atomic mass is 10.2. The van der Waals surface area contributed by atoms with Gasteiger partial charge in [0.1, 0.15) is 0 Å². The molecule has 0 aliphatic carbocycles. The van der Waals surface area contributed by atoms with Crippen LogP contribution >= 0.6 is 11.6 Å². The monoisotopic (exact) mass is 361 g/mol. The second kappa shape index (κ2) is 6.76. The fourth-order valence-electron chi connectivity index (χ4n) is 2.34. The van der Waals surface area contributed by atoms with Crippen molar-refractivity contribution in [3.8, 4) is 5.69 Å². The van der Waals surface area contributed by atoms with Crippen molar-refractivity contribution >= 4 is 21.6 Å². The maximum absolute atomic E-state index is 12.4. The first kappa shape index (κ1) is 16.7. The van der Waals surface area contributed by atoms with Gasteiger partial charge in [-0.3, -0.25) is 0 Å². The molecule has 0 spiro atoms. The smallest absolute Gasteiger partial charge is 0.241 e. The molecule has 0 saturated heterocycles. The number of sulfonamides is 1. The minimum Gasteiger partial charge on any atom is -0.241 e. The van der Waals surface area contributed by atoms with Gasteiger partial charge >= 0.3 is 0 Å². The van der Waals surface area contributed by atoms with E-state index in [0.29, 0.717) is 16.3 Å². The van der Waals surface area contributed by atoms with Crippen molar-refractivity contribution in [1.82, 2.24) is 14.5 Å². The highest BCUT2D eigenvalue weighted by molar-refractivity contribution is 7.89. The van der Waals surface area contributed by atoms with Crippen LogP contribution in [0.15, 0.2) is 65.7 Å². The van der Waals surface area contributed by atoms with Crippen LogP contribution < -0.4 is 4.72 Å². The first-order chi connectivity index (χ1) is 11.5. The van der Waals surface area contributed by atoms with Crippen LogP contribution in [0.2, 0.25) is 5.02 Å². The van der Waals surface area contributed by atoms with Gasteiger partial charge < -0.3 is 0 Å². The summed E-state index contributed by atoms with van der Waals surface area (Å²) in [4.78, 5) is 0.217. The van der Waals surface area contributed by atoms with E-state index in [4.69, 9.17) is 11.6 Å². The van der Waals surface area contributed by atoms with Gasteiger partial charge in [0.25, 0.3) is 0 Å². The molecule has 3 aromatic rings. The summed E-state index contributed by atoms with van der Waals surface area (Å²) in [5.41, 5.74) is 2.15. The summed E-state index contributed by atoms with van der Waals surface area (Å²) in [6, 6.07) is 16.1. The topological polar surface area (TPSA) is 64.0 Å². The predicted octanol–water partition coefficient (Wildman–Crippen LogP) is 3.31. The lowest BCUT2D eigenvalue weighted by Crippen LogP contribution is -2.24. The van der Waals surface area contributed by atoms with E-state index >= 15 is 0 Å². The first-order valence-electron chi connectivity index (χ1n) is 7.31.